The zero-order valence-electron chi connectivity index (χ0n) is 15.9. The molecule has 29 heavy (non-hydrogen) atoms. The number of fused-ring (bicyclic) bond motifs is 1. The highest BCUT2D eigenvalue weighted by Gasteiger charge is 2.29. The SMILES string of the molecule is CC(C)(C(=O)O)c1ccc(C(=O)Nc2cn3cc(-c4ccoc4)ccc3n2)cc1. The molecule has 0 aliphatic rings. The molecule has 1 aromatic carbocycles. The van der Waals surface area contributed by atoms with Gasteiger partial charge in [0.2, 0.25) is 0 Å². The normalized spacial score (nSPS) is 11.5. The van der Waals surface area contributed by atoms with Crippen LogP contribution in [0.15, 0.2) is 71.8 Å². The van der Waals surface area contributed by atoms with Crippen molar-refractivity contribution in [1.29, 1.82) is 0 Å². The molecular formula is C22H19N3O4. The highest BCUT2D eigenvalue weighted by molar-refractivity contribution is 6.04. The molecule has 1 amide bonds. The first kappa shape index (κ1) is 18.5. The molecule has 4 aromatic rings. The monoisotopic (exact) mass is 389 g/mol. The van der Waals surface area contributed by atoms with Crippen LogP contribution in [-0.4, -0.2) is 26.4 Å². The standard InChI is InChI=1S/C22H19N3O4/c1-22(2,21(27)28)17-6-3-14(4-7-17)20(26)24-18-12-25-11-15(5-8-19(25)23-18)16-9-10-29-13-16/h3-13H,1-2H3,(H,24,26)(H,27,28). The summed E-state index contributed by atoms with van der Waals surface area (Å²) in [5, 5.41) is 12.1. The van der Waals surface area contributed by atoms with Gasteiger partial charge in [0, 0.05) is 22.9 Å². The van der Waals surface area contributed by atoms with Gasteiger partial charge in [-0.25, -0.2) is 4.98 Å². The Labute approximate surface area is 166 Å². The van der Waals surface area contributed by atoms with Gasteiger partial charge >= 0.3 is 5.97 Å². The number of imidazole rings is 1. The van der Waals surface area contributed by atoms with Gasteiger partial charge in [-0.05, 0) is 49.7 Å². The molecule has 7 heteroatoms. The average molecular weight is 389 g/mol. The summed E-state index contributed by atoms with van der Waals surface area (Å²) in [7, 11) is 0. The van der Waals surface area contributed by atoms with Crippen LogP contribution in [0.3, 0.4) is 0 Å². The van der Waals surface area contributed by atoms with Gasteiger partial charge in [-0.1, -0.05) is 12.1 Å². The molecule has 7 nitrogen and oxygen atoms in total. The van der Waals surface area contributed by atoms with E-state index in [0.717, 1.165) is 11.1 Å². The summed E-state index contributed by atoms with van der Waals surface area (Å²) < 4.78 is 6.95. The van der Waals surface area contributed by atoms with Gasteiger partial charge in [0.25, 0.3) is 5.91 Å². The highest BCUT2D eigenvalue weighted by Crippen LogP contribution is 2.24. The number of carbonyl (C=O) groups is 2. The maximum absolute atomic E-state index is 12.6. The number of hydrogen-bond acceptors (Lipinski definition) is 4. The van der Waals surface area contributed by atoms with Crippen molar-refractivity contribution in [3.05, 3.63) is 78.5 Å². The number of carboxylic acids is 1. The first-order valence-electron chi connectivity index (χ1n) is 9.01. The third-order valence-electron chi connectivity index (χ3n) is 4.95. The van der Waals surface area contributed by atoms with Crippen LogP contribution in [-0.2, 0) is 10.2 Å². The quantitative estimate of drug-likeness (QED) is 0.533. The van der Waals surface area contributed by atoms with Crippen LogP contribution < -0.4 is 5.32 Å². The first-order chi connectivity index (χ1) is 13.8. The number of anilines is 1. The Balaban J connectivity index is 1.53. The van der Waals surface area contributed by atoms with Crippen LogP contribution in [0, 0.1) is 0 Å². The zero-order valence-corrected chi connectivity index (χ0v) is 15.9. The number of nitrogens with one attached hydrogen (secondary N) is 1. The number of nitrogens with zero attached hydrogens (tertiary/aromatic N) is 2. The molecule has 3 aromatic heterocycles. The molecule has 0 aliphatic carbocycles. The summed E-state index contributed by atoms with van der Waals surface area (Å²) in [5.41, 5.74) is 2.65. The fraction of sp³-hybridized carbons (Fsp3) is 0.136. The third kappa shape index (κ3) is 3.50. The number of benzene rings is 1. The van der Waals surface area contributed by atoms with Crippen LogP contribution in [0.5, 0.6) is 0 Å². The minimum atomic E-state index is -1.02. The largest absolute Gasteiger partial charge is 0.481 e. The summed E-state index contributed by atoms with van der Waals surface area (Å²) in [6.45, 7) is 3.25. The Hall–Kier alpha value is -3.87. The van der Waals surface area contributed by atoms with Gasteiger partial charge in [-0.15, -0.1) is 0 Å². The second-order valence-corrected chi connectivity index (χ2v) is 7.28. The van der Waals surface area contributed by atoms with E-state index >= 15 is 0 Å². The minimum Gasteiger partial charge on any atom is -0.481 e. The number of pyridine rings is 1. The zero-order chi connectivity index (χ0) is 20.6. The summed E-state index contributed by atoms with van der Waals surface area (Å²) >= 11 is 0. The molecule has 0 saturated carbocycles. The lowest BCUT2D eigenvalue weighted by atomic mass is 9.84. The summed E-state index contributed by atoms with van der Waals surface area (Å²) in [4.78, 5) is 28.3. The van der Waals surface area contributed by atoms with Gasteiger partial charge in [0.1, 0.15) is 5.65 Å². The van der Waals surface area contributed by atoms with E-state index in [4.69, 9.17) is 4.42 Å². The molecule has 0 bridgehead atoms. The van der Waals surface area contributed by atoms with Gasteiger partial charge in [0.15, 0.2) is 5.82 Å². The van der Waals surface area contributed by atoms with Crippen molar-refractivity contribution < 1.29 is 19.1 Å². The molecule has 3 heterocycles. The predicted molar refractivity (Wildman–Crippen MR) is 108 cm³/mol. The van der Waals surface area contributed by atoms with E-state index in [1.54, 1.807) is 56.8 Å². The van der Waals surface area contributed by atoms with Crippen molar-refractivity contribution in [3.63, 3.8) is 0 Å². The van der Waals surface area contributed by atoms with Gasteiger partial charge in [0.05, 0.1) is 24.1 Å². The third-order valence-corrected chi connectivity index (χ3v) is 4.95. The van der Waals surface area contributed by atoms with Crippen molar-refractivity contribution in [1.82, 2.24) is 9.38 Å². The van der Waals surface area contributed by atoms with Crippen LogP contribution >= 0.6 is 0 Å². The number of rotatable bonds is 5. The number of aliphatic carboxylic acids is 1. The number of carbonyl (C=O) groups excluding carboxylic acids is 1. The topological polar surface area (TPSA) is 96.8 Å². The minimum absolute atomic E-state index is 0.317. The molecule has 4 rings (SSSR count). The van der Waals surface area contributed by atoms with Crippen molar-refractivity contribution >= 4 is 23.3 Å². The Morgan fingerprint density at radius 2 is 1.79 bits per heavy atom. The molecule has 0 unspecified atom stereocenters. The van der Waals surface area contributed by atoms with Gasteiger partial charge < -0.3 is 19.2 Å². The van der Waals surface area contributed by atoms with Crippen LogP contribution in [0.1, 0.15) is 29.8 Å². The average Bonchev–Trinajstić information content (AvgIpc) is 3.36. The molecule has 2 N–H and O–H groups in total. The number of hydrogen-bond donors (Lipinski definition) is 2. The first-order valence-corrected chi connectivity index (χ1v) is 9.01. The second-order valence-electron chi connectivity index (χ2n) is 7.28. The fourth-order valence-electron chi connectivity index (χ4n) is 3.00. The molecule has 146 valence electrons. The van der Waals surface area contributed by atoms with Crippen LogP contribution in [0.25, 0.3) is 16.8 Å². The predicted octanol–water partition coefficient (Wildman–Crippen LogP) is 4.21. The Kier molecular flexibility index (Phi) is 4.43. The molecule has 0 aliphatic heterocycles. The summed E-state index contributed by atoms with van der Waals surface area (Å²) in [5.74, 6) is -0.813. The van der Waals surface area contributed by atoms with E-state index < -0.39 is 11.4 Å². The van der Waals surface area contributed by atoms with Crippen molar-refractivity contribution in [3.8, 4) is 11.1 Å². The van der Waals surface area contributed by atoms with Crippen molar-refractivity contribution in [2.75, 3.05) is 5.32 Å². The molecular weight excluding hydrogens is 370 g/mol. The van der Waals surface area contributed by atoms with E-state index in [1.807, 2.05) is 28.8 Å². The summed E-state index contributed by atoms with van der Waals surface area (Å²) in [6, 6.07) is 12.2. The Morgan fingerprint density at radius 3 is 2.45 bits per heavy atom. The number of aromatic nitrogens is 2. The molecule has 0 spiro atoms. The number of furan rings is 1. The van der Waals surface area contributed by atoms with E-state index in [1.165, 1.54) is 0 Å². The number of amides is 1. The fourth-order valence-corrected chi connectivity index (χ4v) is 3.00. The van der Waals surface area contributed by atoms with Crippen LogP contribution in [0.4, 0.5) is 5.82 Å². The number of carboxylic acid groups (broad SMARTS) is 1. The van der Waals surface area contributed by atoms with Crippen molar-refractivity contribution in [2.45, 2.75) is 19.3 Å². The van der Waals surface area contributed by atoms with E-state index in [2.05, 4.69) is 10.3 Å². The van der Waals surface area contributed by atoms with Gasteiger partial charge in [-0.2, -0.15) is 0 Å². The lowest BCUT2D eigenvalue weighted by molar-refractivity contribution is -0.142. The van der Waals surface area contributed by atoms with Crippen LogP contribution in [0.2, 0.25) is 0 Å². The molecule has 0 radical (unpaired) electrons. The van der Waals surface area contributed by atoms with Gasteiger partial charge in [-0.3, -0.25) is 9.59 Å². The second kappa shape index (κ2) is 6.94. The Bertz CT molecular complexity index is 1190. The van der Waals surface area contributed by atoms with E-state index in [-0.39, 0.29) is 5.91 Å². The smallest absolute Gasteiger partial charge is 0.313 e. The molecule has 0 saturated heterocycles. The van der Waals surface area contributed by atoms with E-state index in [9.17, 15) is 14.7 Å². The maximum atomic E-state index is 12.6. The maximum Gasteiger partial charge on any atom is 0.313 e. The van der Waals surface area contributed by atoms with E-state index in [0.29, 0.717) is 22.6 Å². The highest BCUT2D eigenvalue weighted by atomic mass is 16.4. The molecule has 0 fully saturated rings. The lowest BCUT2D eigenvalue weighted by Crippen LogP contribution is -2.28. The Morgan fingerprint density at radius 1 is 1.03 bits per heavy atom. The summed E-state index contributed by atoms with van der Waals surface area (Å²) in [6.07, 6.45) is 6.92. The lowest BCUT2D eigenvalue weighted by Gasteiger charge is -2.19. The molecule has 0 atom stereocenters. The van der Waals surface area contributed by atoms with Crippen molar-refractivity contribution in [2.24, 2.45) is 0 Å².